The number of thiazole rings is 1. The minimum atomic E-state index is 1.11. The summed E-state index contributed by atoms with van der Waals surface area (Å²) >= 11 is 1.91. The highest BCUT2D eigenvalue weighted by Crippen LogP contribution is 2.27. The number of para-hydroxylation sites is 2. The Bertz CT molecular complexity index is 950. The van der Waals surface area contributed by atoms with Gasteiger partial charge in [-0.3, -0.25) is 0 Å². The largest absolute Gasteiger partial charge is 0.371 e. The zero-order valence-corrected chi connectivity index (χ0v) is 18.5. The summed E-state index contributed by atoms with van der Waals surface area (Å²) in [6.45, 7) is 5.77. The standard InChI is InChI=1S/C26H33N2S/c1-2-3-4-5-10-21-28-24-15-8-9-16-25(24)29-26(28)18-17-22-13-6-7-14-23(22)27-19-11-12-20-27/h6-9,13-18H,2-5,10-12,19-21H2,1H3/q+1. The van der Waals surface area contributed by atoms with Gasteiger partial charge < -0.3 is 4.90 Å². The maximum atomic E-state index is 2.53. The molecule has 0 N–H and O–H groups in total. The zero-order valence-electron chi connectivity index (χ0n) is 17.6. The average Bonchev–Trinajstić information content (AvgIpc) is 3.41. The number of anilines is 1. The fraction of sp³-hybridized carbons (Fsp3) is 0.423. The normalized spacial score (nSPS) is 14.4. The third-order valence-corrected chi connectivity index (χ3v) is 7.04. The van der Waals surface area contributed by atoms with Crippen LogP contribution in [0.2, 0.25) is 0 Å². The number of aromatic nitrogens is 1. The van der Waals surface area contributed by atoms with E-state index in [1.54, 1.807) is 0 Å². The van der Waals surface area contributed by atoms with E-state index in [1.165, 1.54) is 84.5 Å². The molecular weight excluding hydrogens is 372 g/mol. The molecule has 0 atom stereocenters. The number of hydrogen-bond acceptors (Lipinski definition) is 2. The Hall–Kier alpha value is -2.13. The van der Waals surface area contributed by atoms with Gasteiger partial charge in [0.1, 0.15) is 4.70 Å². The van der Waals surface area contributed by atoms with E-state index in [1.807, 2.05) is 11.3 Å². The predicted octanol–water partition coefficient (Wildman–Crippen LogP) is 6.93. The van der Waals surface area contributed by atoms with Crippen LogP contribution in [0.5, 0.6) is 0 Å². The molecule has 0 saturated carbocycles. The Kier molecular flexibility index (Phi) is 7.00. The van der Waals surface area contributed by atoms with Crippen LogP contribution in [-0.4, -0.2) is 13.1 Å². The molecule has 2 nitrogen and oxygen atoms in total. The molecule has 0 unspecified atom stereocenters. The highest BCUT2D eigenvalue weighted by Gasteiger charge is 2.18. The van der Waals surface area contributed by atoms with Crippen LogP contribution in [-0.2, 0) is 6.54 Å². The van der Waals surface area contributed by atoms with Crippen LogP contribution in [0.3, 0.4) is 0 Å². The van der Waals surface area contributed by atoms with Gasteiger partial charge in [-0.05, 0) is 43.0 Å². The molecule has 0 spiro atoms. The maximum Gasteiger partial charge on any atom is 0.262 e. The van der Waals surface area contributed by atoms with Crippen molar-refractivity contribution in [1.29, 1.82) is 0 Å². The van der Waals surface area contributed by atoms with Gasteiger partial charge in [-0.15, -0.1) is 0 Å². The van der Waals surface area contributed by atoms with Gasteiger partial charge in [-0.1, -0.05) is 67.9 Å². The van der Waals surface area contributed by atoms with Crippen LogP contribution in [0.15, 0.2) is 48.5 Å². The van der Waals surface area contributed by atoms with Gasteiger partial charge in [-0.25, -0.2) is 0 Å². The van der Waals surface area contributed by atoms with Crippen molar-refractivity contribution in [2.75, 3.05) is 18.0 Å². The average molecular weight is 406 g/mol. The second kappa shape index (κ2) is 10.1. The molecule has 0 amide bonds. The summed E-state index contributed by atoms with van der Waals surface area (Å²) in [5, 5.41) is 1.36. The lowest BCUT2D eigenvalue weighted by molar-refractivity contribution is -0.669. The summed E-state index contributed by atoms with van der Waals surface area (Å²) in [5.41, 5.74) is 4.09. The topological polar surface area (TPSA) is 7.12 Å². The van der Waals surface area contributed by atoms with Crippen LogP contribution in [0.25, 0.3) is 22.4 Å². The van der Waals surface area contributed by atoms with Crippen LogP contribution >= 0.6 is 11.3 Å². The van der Waals surface area contributed by atoms with Gasteiger partial charge in [0.2, 0.25) is 5.52 Å². The van der Waals surface area contributed by atoms with Crippen molar-refractivity contribution < 1.29 is 4.57 Å². The Labute approximate surface area is 179 Å². The van der Waals surface area contributed by atoms with E-state index in [9.17, 15) is 0 Å². The highest BCUT2D eigenvalue weighted by atomic mass is 32.1. The molecule has 0 radical (unpaired) electrons. The minimum Gasteiger partial charge on any atom is -0.371 e. The molecule has 1 saturated heterocycles. The molecule has 1 aliphatic heterocycles. The number of aryl methyl sites for hydroxylation is 1. The molecular formula is C26H33N2S+. The number of fused-ring (bicyclic) bond motifs is 1. The maximum absolute atomic E-state index is 2.53. The first kappa shape index (κ1) is 20.2. The first-order valence-electron chi connectivity index (χ1n) is 11.3. The number of rotatable bonds is 9. The van der Waals surface area contributed by atoms with Gasteiger partial charge in [0.15, 0.2) is 6.54 Å². The fourth-order valence-electron chi connectivity index (χ4n) is 4.32. The number of nitrogens with zero attached hydrogens (tertiary/aromatic N) is 2. The summed E-state index contributed by atoms with van der Waals surface area (Å²) in [6, 6.07) is 17.7. The molecule has 3 aromatic rings. The third-order valence-electron chi connectivity index (χ3n) is 5.91. The van der Waals surface area contributed by atoms with Gasteiger partial charge in [0.05, 0.1) is 0 Å². The molecule has 3 heteroatoms. The van der Waals surface area contributed by atoms with E-state index in [-0.39, 0.29) is 0 Å². The predicted molar refractivity (Wildman–Crippen MR) is 128 cm³/mol. The fourth-order valence-corrected chi connectivity index (χ4v) is 5.41. The Morgan fingerprint density at radius 1 is 0.897 bits per heavy atom. The number of unbranched alkanes of at least 4 members (excludes halogenated alkanes) is 4. The second-order valence-corrected chi connectivity index (χ2v) is 9.12. The van der Waals surface area contributed by atoms with Crippen LogP contribution in [0, 0.1) is 0 Å². The summed E-state index contributed by atoms with van der Waals surface area (Å²) in [6.07, 6.45) is 13.9. The molecule has 4 rings (SSSR count). The molecule has 0 aliphatic carbocycles. The molecule has 2 heterocycles. The van der Waals surface area contributed by atoms with Gasteiger partial charge >= 0.3 is 0 Å². The van der Waals surface area contributed by atoms with Crippen molar-refractivity contribution in [3.63, 3.8) is 0 Å². The van der Waals surface area contributed by atoms with Crippen molar-refractivity contribution in [2.45, 2.75) is 58.4 Å². The van der Waals surface area contributed by atoms with Crippen molar-refractivity contribution in [1.82, 2.24) is 0 Å². The van der Waals surface area contributed by atoms with Gasteiger partial charge in [0, 0.05) is 37.3 Å². The van der Waals surface area contributed by atoms with E-state index in [0.717, 1.165) is 6.54 Å². The SMILES string of the molecule is CCCCCCC[n+]1c(C=Cc2ccccc2N2CCCC2)sc2ccccc21. The van der Waals surface area contributed by atoms with Gasteiger partial charge in [0.25, 0.3) is 5.01 Å². The zero-order chi connectivity index (χ0) is 19.9. The molecule has 1 fully saturated rings. The second-order valence-electron chi connectivity index (χ2n) is 8.06. The number of hydrogen-bond donors (Lipinski definition) is 0. The highest BCUT2D eigenvalue weighted by molar-refractivity contribution is 7.18. The quantitative estimate of drug-likeness (QED) is 0.276. The summed E-state index contributed by atoms with van der Waals surface area (Å²) in [4.78, 5) is 2.53. The lowest BCUT2D eigenvalue weighted by atomic mass is 10.1. The summed E-state index contributed by atoms with van der Waals surface area (Å²) < 4.78 is 3.91. The third kappa shape index (κ3) is 4.90. The first-order chi connectivity index (χ1) is 14.4. The van der Waals surface area contributed by atoms with Crippen LogP contribution < -0.4 is 9.47 Å². The van der Waals surface area contributed by atoms with Crippen molar-refractivity contribution >= 4 is 39.4 Å². The van der Waals surface area contributed by atoms with E-state index in [0.29, 0.717) is 0 Å². The minimum absolute atomic E-state index is 1.11. The van der Waals surface area contributed by atoms with E-state index in [2.05, 4.69) is 77.1 Å². The lowest BCUT2D eigenvalue weighted by Crippen LogP contribution is -2.34. The molecule has 2 aromatic carbocycles. The monoisotopic (exact) mass is 405 g/mol. The Morgan fingerprint density at radius 2 is 1.66 bits per heavy atom. The van der Waals surface area contributed by atoms with E-state index >= 15 is 0 Å². The van der Waals surface area contributed by atoms with Gasteiger partial charge in [-0.2, -0.15) is 4.57 Å². The van der Waals surface area contributed by atoms with Crippen molar-refractivity contribution in [3.8, 4) is 0 Å². The van der Waals surface area contributed by atoms with E-state index < -0.39 is 0 Å². The summed E-state index contributed by atoms with van der Waals surface area (Å²) in [7, 11) is 0. The molecule has 1 aromatic heterocycles. The first-order valence-corrected chi connectivity index (χ1v) is 12.1. The molecule has 29 heavy (non-hydrogen) atoms. The smallest absolute Gasteiger partial charge is 0.262 e. The van der Waals surface area contributed by atoms with Crippen LogP contribution in [0.4, 0.5) is 5.69 Å². The van der Waals surface area contributed by atoms with Crippen LogP contribution in [0.1, 0.15) is 62.4 Å². The summed E-state index contributed by atoms with van der Waals surface area (Å²) in [5.74, 6) is 0. The van der Waals surface area contributed by atoms with Crippen molar-refractivity contribution in [2.24, 2.45) is 0 Å². The Morgan fingerprint density at radius 3 is 2.52 bits per heavy atom. The number of benzene rings is 2. The molecule has 1 aliphatic rings. The van der Waals surface area contributed by atoms with Crippen molar-refractivity contribution in [3.05, 3.63) is 59.1 Å². The lowest BCUT2D eigenvalue weighted by Gasteiger charge is -2.19. The molecule has 0 bridgehead atoms. The van der Waals surface area contributed by atoms with E-state index in [4.69, 9.17) is 0 Å². The molecule has 152 valence electrons. The Balaban J connectivity index is 1.58.